The zero-order chi connectivity index (χ0) is 35.1. The quantitative estimate of drug-likeness (QED) is 0.366. The molecule has 4 bridgehead atoms. The molecule has 5 aliphatic rings. The molecule has 2 aliphatic carbocycles. The van der Waals surface area contributed by atoms with Gasteiger partial charge in [0, 0.05) is 25.3 Å². The summed E-state index contributed by atoms with van der Waals surface area (Å²) in [5, 5.41) is 4.97. The molecule has 3 aliphatic heterocycles. The fourth-order valence-corrected chi connectivity index (χ4v) is 8.40. The molecule has 0 aromatic heterocycles. The molecule has 0 unspecified atom stereocenters. The van der Waals surface area contributed by atoms with Gasteiger partial charge in [0.2, 0.25) is 27.7 Å². The van der Waals surface area contributed by atoms with Gasteiger partial charge in [0.05, 0.1) is 18.3 Å². The number of hydrogen-bond donors (Lipinski definition) is 3. The maximum absolute atomic E-state index is 14.2. The Bertz CT molecular complexity index is 1690. The molecular weight excluding hydrogens is 650 g/mol. The van der Waals surface area contributed by atoms with E-state index in [2.05, 4.69) is 28.0 Å². The zero-order valence-electron chi connectivity index (χ0n) is 28.0. The van der Waals surface area contributed by atoms with Crippen LogP contribution in [-0.2, 0) is 47.0 Å². The lowest BCUT2D eigenvalue weighted by Gasteiger charge is -2.31. The lowest BCUT2D eigenvalue weighted by molar-refractivity contribution is -0.143. The molecule has 49 heavy (non-hydrogen) atoms. The maximum atomic E-state index is 14.2. The van der Waals surface area contributed by atoms with Crippen molar-refractivity contribution in [3.8, 4) is 0 Å². The van der Waals surface area contributed by atoms with Gasteiger partial charge in [-0.25, -0.2) is 13.2 Å². The highest BCUT2D eigenvalue weighted by atomic mass is 32.2. The second kappa shape index (κ2) is 13.6. The van der Waals surface area contributed by atoms with Crippen LogP contribution in [0.5, 0.6) is 0 Å². The van der Waals surface area contributed by atoms with Crippen LogP contribution in [0.1, 0.15) is 81.9 Å². The number of hydrogen-bond acceptors (Lipinski definition) is 8. The molecule has 5 atom stereocenters. The Labute approximate surface area is 286 Å². The number of benzene rings is 1. The number of carbonyl (C=O) groups is 5. The zero-order valence-corrected chi connectivity index (χ0v) is 28.8. The van der Waals surface area contributed by atoms with E-state index in [-0.39, 0.29) is 37.6 Å². The van der Waals surface area contributed by atoms with Gasteiger partial charge in [0.15, 0.2) is 0 Å². The van der Waals surface area contributed by atoms with Crippen molar-refractivity contribution in [2.24, 2.45) is 11.8 Å². The second-order valence-electron chi connectivity index (χ2n) is 14.2. The third-order valence-corrected chi connectivity index (χ3v) is 12.0. The van der Waals surface area contributed by atoms with E-state index < -0.39 is 68.7 Å². The number of sulfonamides is 1. The number of rotatable bonds is 7. The van der Waals surface area contributed by atoms with Crippen molar-refractivity contribution in [3.05, 3.63) is 53.6 Å². The summed E-state index contributed by atoms with van der Waals surface area (Å²) in [5.74, 6) is -3.16. The molecule has 5 amide bonds. The van der Waals surface area contributed by atoms with Gasteiger partial charge < -0.3 is 20.3 Å². The Hall–Kier alpha value is -4.20. The van der Waals surface area contributed by atoms with Gasteiger partial charge in [-0.1, -0.05) is 50.3 Å². The van der Waals surface area contributed by atoms with Crippen LogP contribution in [0.15, 0.2) is 36.9 Å². The molecule has 1 saturated heterocycles. The minimum atomic E-state index is -3.89. The van der Waals surface area contributed by atoms with Gasteiger partial charge in [0.1, 0.15) is 23.7 Å². The first-order chi connectivity index (χ1) is 23.3. The van der Waals surface area contributed by atoms with Crippen molar-refractivity contribution in [1.82, 2.24) is 25.2 Å². The van der Waals surface area contributed by atoms with Gasteiger partial charge in [-0.2, -0.15) is 0 Å². The minimum absolute atomic E-state index is 0.0479. The lowest BCUT2D eigenvalue weighted by Crippen LogP contribution is -2.59. The predicted octanol–water partition coefficient (Wildman–Crippen LogP) is 2.51. The lowest BCUT2D eigenvalue weighted by atomic mass is 10.0. The van der Waals surface area contributed by atoms with Crippen LogP contribution in [0, 0.1) is 11.8 Å². The highest BCUT2D eigenvalue weighted by Gasteiger charge is 2.62. The van der Waals surface area contributed by atoms with Crippen LogP contribution in [-0.4, -0.2) is 83.5 Å². The van der Waals surface area contributed by atoms with E-state index in [1.807, 2.05) is 24.3 Å². The van der Waals surface area contributed by atoms with Crippen LogP contribution in [0.4, 0.5) is 4.79 Å². The van der Waals surface area contributed by atoms with Crippen molar-refractivity contribution in [2.75, 3.05) is 6.54 Å². The molecule has 1 aromatic carbocycles. The van der Waals surface area contributed by atoms with E-state index in [1.54, 1.807) is 18.7 Å². The molecule has 1 aromatic rings. The SMILES string of the molecule is C=C[C@H]1C[C@]1(NC(=O)[C@@H]1C[C@@H]2CN1C(=O)[C@H](C(C)C)NC(=O)CCCC/C=C/c1cccc3c1CN(C3)C(=O)O2)C(=O)NS(=O)(=O)C1CC1. The Kier molecular flexibility index (Phi) is 9.62. The molecule has 264 valence electrons. The first-order valence-electron chi connectivity index (χ1n) is 17.2. The van der Waals surface area contributed by atoms with Crippen molar-refractivity contribution >= 4 is 45.8 Å². The van der Waals surface area contributed by atoms with E-state index in [9.17, 15) is 32.4 Å². The highest BCUT2D eigenvalue weighted by Crippen LogP contribution is 2.45. The number of nitrogens with one attached hydrogen (secondary N) is 3. The Morgan fingerprint density at radius 2 is 1.92 bits per heavy atom. The van der Waals surface area contributed by atoms with Gasteiger partial charge in [-0.3, -0.25) is 28.8 Å². The number of amides is 5. The van der Waals surface area contributed by atoms with Crippen LogP contribution in [0.25, 0.3) is 6.08 Å². The summed E-state index contributed by atoms with van der Waals surface area (Å²) in [4.78, 5) is 71.0. The van der Waals surface area contributed by atoms with Crippen molar-refractivity contribution in [1.29, 1.82) is 0 Å². The third kappa shape index (κ3) is 7.24. The Morgan fingerprint density at radius 1 is 1.14 bits per heavy atom. The summed E-state index contributed by atoms with van der Waals surface area (Å²) in [6.45, 7) is 7.95. The van der Waals surface area contributed by atoms with E-state index >= 15 is 0 Å². The molecule has 0 spiro atoms. The smallest absolute Gasteiger partial charge is 0.410 e. The number of carbonyl (C=O) groups excluding carboxylic acids is 5. The first kappa shape index (κ1) is 34.7. The van der Waals surface area contributed by atoms with E-state index in [4.69, 9.17) is 4.74 Å². The van der Waals surface area contributed by atoms with E-state index in [0.29, 0.717) is 32.4 Å². The Balaban J connectivity index is 1.26. The summed E-state index contributed by atoms with van der Waals surface area (Å²) in [7, 11) is -3.89. The molecule has 6 rings (SSSR count). The first-order valence-corrected chi connectivity index (χ1v) is 18.7. The predicted molar refractivity (Wildman–Crippen MR) is 180 cm³/mol. The van der Waals surface area contributed by atoms with Gasteiger partial charge in [-0.15, -0.1) is 6.58 Å². The van der Waals surface area contributed by atoms with E-state index in [1.165, 1.54) is 11.0 Å². The fourth-order valence-electron chi connectivity index (χ4n) is 7.04. The minimum Gasteiger partial charge on any atom is -0.444 e. The van der Waals surface area contributed by atoms with Crippen LogP contribution in [0.2, 0.25) is 0 Å². The molecule has 3 N–H and O–H groups in total. The molecule has 0 radical (unpaired) electrons. The van der Waals surface area contributed by atoms with Crippen LogP contribution in [0.3, 0.4) is 0 Å². The van der Waals surface area contributed by atoms with Crippen LogP contribution >= 0.6 is 0 Å². The van der Waals surface area contributed by atoms with Gasteiger partial charge in [-0.05, 0) is 61.1 Å². The molecule has 3 fully saturated rings. The topological polar surface area (TPSA) is 171 Å². The molecular formula is C35H45N5O8S. The van der Waals surface area contributed by atoms with E-state index in [0.717, 1.165) is 29.5 Å². The molecule has 2 saturated carbocycles. The molecule has 13 nitrogen and oxygen atoms in total. The normalized spacial score (nSPS) is 29.7. The Morgan fingerprint density at radius 3 is 2.61 bits per heavy atom. The second-order valence-corrected chi connectivity index (χ2v) is 16.2. The van der Waals surface area contributed by atoms with Gasteiger partial charge in [0.25, 0.3) is 5.91 Å². The molecule has 14 heteroatoms. The summed E-state index contributed by atoms with van der Waals surface area (Å²) in [5.41, 5.74) is 1.51. The van der Waals surface area contributed by atoms with Gasteiger partial charge >= 0.3 is 6.09 Å². The van der Waals surface area contributed by atoms with Crippen molar-refractivity contribution < 1.29 is 37.1 Å². The fraction of sp³-hybridized carbons (Fsp3) is 0.571. The monoisotopic (exact) mass is 695 g/mol. The number of ether oxygens (including phenoxy) is 1. The highest BCUT2D eigenvalue weighted by molar-refractivity contribution is 7.91. The number of fused-ring (bicyclic) bond motifs is 3. The summed E-state index contributed by atoms with van der Waals surface area (Å²) in [6, 6.07) is 3.82. The summed E-state index contributed by atoms with van der Waals surface area (Å²) >= 11 is 0. The van der Waals surface area contributed by atoms with Crippen molar-refractivity contribution in [3.63, 3.8) is 0 Å². The third-order valence-electron chi connectivity index (χ3n) is 10.2. The van der Waals surface area contributed by atoms with Crippen LogP contribution < -0.4 is 15.4 Å². The standard InChI is InChI=1S/C35H45N5O8S/c1-4-24-17-35(24,33(44)38-49(46,47)26-14-15-26)37-31(42)28-16-25-19-40(28)32(43)30(21(2)3)36-29(41)13-8-6-5-7-10-22-11-9-12-23-18-39(20-27(22)23)34(45)48-25/h4,7,9-12,21,24-26,28,30H,1,5-6,8,13-20H2,2-3H3,(H,36,41)(H,37,42)(H,38,44)/b10-7+/t24-,25+,28-,30-,35+/m0/s1. The average Bonchev–Trinajstić information content (AvgIpc) is 3.95. The largest absolute Gasteiger partial charge is 0.444 e. The maximum Gasteiger partial charge on any atom is 0.410 e. The summed E-state index contributed by atoms with van der Waals surface area (Å²) < 4.78 is 33.3. The number of nitrogens with zero attached hydrogens (tertiary/aromatic N) is 2. The molecule has 3 heterocycles. The van der Waals surface area contributed by atoms with Crippen molar-refractivity contribution in [2.45, 2.75) is 107 Å². The summed E-state index contributed by atoms with van der Waals surface area (Å²) in [6.07, 6.45) is 7.58. The number of allylic oxidation sites excluding steroid dienone is 1. The average molecular weight is 696 g/mol.